The van der Waals surface area contributed by atoms with Crippen molar-refractivity contribution < 1.29 is 4.79 Å². The topological polar surface area (TPSA) is 17.1 Å². The highest BCUT2D eigenvalue weighted by molar-refractivity contribution is 5.49. The molecule has 1 nitrogen and oxygen atoms in total. The second-order valence-electron chi connectivity index (χ2n) is 5.66. The van der Waals surface area contributed by atoms with Crippen molar-refractivity contribution in [2.24, 2.45) is 29.6 Å². The van der Waals surface area contributed by atoms with Crippen LogP contribution in [0.4, 0.5) is 0 Å². The smallest absolute Gasteiger partial charge is 0.120 e. The Balaban J connectivity index is 1.69. The third kappa shape index (κ3) is 1.17. The zero-order valence-corrected chi connectivity index (χ0v) is 8.82. The summed E-state index contributed by atoms with van der Waals surface area (Å²) in [6.45, 7) is 0. The Kier molecular flexibility index (Phi) is 2.14. The first-order chi connectivity index (χ1) is 6.90. The molecule has 0 saturated heterocycles. The summed E-state index contributed by atoms with van der Waals surface area (Å²) in [5, 5.41) is 0. The largest absolute Gasteiger partial charge is 0.303 e. The monoisotopic (exact) mass is 192 g/mol. The number of aldehydes is 1. The number of hydrogen-bond acceptors (Lipinski definition) is 1. The molecule has 2 bridgehead atoms. The maximum Gasteiger partial charge on any atom is 0.120 e. The zero-order chi connectivity index (χ0) is 9.54. The van der Waals surface area contributed by atoms with Gasteiger partial charge in [-0.1, -0.05) is 0 Å². The van der Waals surface area contributed by atoms with Crippen molar-refractivity contribution in [1.82, 2.24) is 0 Å². The van der Waals surface area contributed by atoms with E-state index in [2.05, 4.69) is 0 Å². The molecule has 5 atom stereocenters. The van der Waals surface area contributed by atoms with Crippen molar-refractivity contribution in [2.45, 2.75) is 44.9 Å². The van der Waals surface area contributed by atoms with Gasteiger partial charge in [0.05, 0.1) is 0 Å². The van der Waals surface area contributed by atoms with Crippen LogP contribution in [0.25, 0.3) is 0 Å². The summed E-state index contributed by atoms with van der Waals surface area (Å²) < 4.78 is 0. The molecule has 3 aliphatic carbocycles. The lowest BCUT2D eigenvalue weighted by Crippen LogP contribution is -2.22. The number of carbonyl (C=O) groups is 1. The molecule has 0 aromatic heterocycles. The Morgan fingerprint density at radius 1 is 1.07 bits per heavy atom. The minimum atomic E-state index is 0.811. The van der Waals surface area contributed by atoms with Gasteiger partial charge < -0.3 is 4.79 Å². The van der Waals surface area contributed by atoms with Crippen molar-refractivity contribution in [3.05, 3.63) is 0 Å². The second kappa shape index (κ2) is 3.36. The molecule has 0 aromatic rings. The van der Waals surface area contributed by atoms with Gasteiger partial charge in [-0.15, -0.1) is 0 Å². The summed E-state index contributed by atoms with van der Waals surface area (Å²) >= 11 is 0. The molecule has 78 valence electrons. The van der Waals surface area contributed by atoms with Gasteiger partial charge in [0, 0.05) is 6.42 Å². The van der Waals surface area contributed by atoms with E-state index in [1.807, 2.05) is 0 Å². The van der Waals surface area contributed by atoms with E-state index in [9.17, 15) is 4.79 Å². The van der Waals surface area contributed by atoms with E-state index >= 15 is 0 Å². The SMILES string of the molecule is O=CCCC1CC[C@H]2C3CCC(C3)[C@@H]12. The molecular weight excluding hydrogens is 172 g/mol. The summed E-state index contributed by atoms with van der Waals surface area (Å²) in [6.07, 6.45) is 10.6. The van der Waals surface area contributed by atoms with E-state index in [4.69, 9.17) is 0 Å². The van der Waals surface area contributed by atoms with Gasteiger partial charge in [0.2, 0.25) is 0 Å². The molecule has 0 spiro atoms. The van der Waals surface area contributed by atoms with Gasteiger partial charge in [-0.05, 0) is 68.1 Å². The molecule has 3 fully saturated rings. The van der Waals surface area contributed by atoms with Gasteiger partial charge in [-0.25, -0.2) is 0 Å². The summed E-state index contributed by atoms with van der Waals surface area (Å²) in [6, 6.07) is 0. The molecule has 0 radical (unpaired) electrons. The van der Waals surface area contributed by atoms with Gasteiger partial charge in [0.1, 0.15) is 6.29 Å². The van der Waals surface area contributed by atoms with Crippen LogP contribution in [0.2, 0.25) is 0 Å². The molecule has 0 N–H and O–H groups in total. The Morgan fingerprint density at radius 2 is 1.93 bits per heavy atom. The first-order valence-electron chi connectivity index (χ1n) is 6.34. The first-order valence-corrected chi connectivity index (χ1v) is 6.34. The zero-order valence-electron chi connectivity index (χ0n) is 8.82. The van der Waals surface area contributed by atoms with E-state index in [-0.39, 0.29) is 0 Å². The maximum atomic E-state index is 10.4. The fourth-order valence-electron chi connectivity index (χ4n) is 4.84. The second-order valence-corrected chi connectivity index (χ2v) is 5.66. The normalized spacial score (nSPS) is 49.6. The Bertz CT molecular complexity index is 235. The van der Waals surface area contributed by atoms with Crippen LogP contribution >= 0.6 is 0 Å². The number of rotatable bonds is 3. The van der Waals surface area contributed by atoms with E-state index < -0.39 is 0 Å². The number of hydrogen-bond donors (Lipinski definition) is 0. The van der Waals surface area contributed by atoms with Crippen LogP contribution in [0.3, 0.4) is 0 Å². The van der Waals surface area contributed by atoms with E-state index in [1.54, 1.807) is 0 Å². The fourth-order valence-corrected chi connectivity index (χ4v) is 4.84. The lowest BCUT2D eigenvalue weighted by Gasteiger charge is -2.28. The first kappa shape index (κ1) is 8.94. The molecule has 3 unspecified atom stereocenters. The fraction of sp³-hybridized carbons (Fsp3) is 0.923. The average Bonchev–Trinajstić information content (AvgIpc) is 2.87. The third-order valence-corrected chi connectivity index (χ3v) is 5.23. The maximum absolute atomic E-state index is 10.4. The molecule has 0 heterocycles. The minimum Gasteiger partial charge on any atom is -0.303 e. The van der Waals surface area contributed by atoms with Gasteiger partial charge in [0.15, 0.2) is 0 Å². The highest BCUT2D eigenvalue weighted by Gasteiger charge is 2.52. The van der Waals surface area contributed by atoms with Crippen molar-refractivity contribution in [3.63, 3.8) is 0 Å². The van der Waals surface area contributed by atoms with Crippen LogP contribution in [0.5, 0.6) is 0 Å². The van der Waals surface area contributed by atoms with E-state index in [0.29, 0.717) is 0 Å². The quantitative estimate of drug-likeness (QED) is 0.628. The summed E-state index contributed by atoms with van der Waals surface area (Å²) in [5.74, 6) is 5.18. The Hall–Kier alpha value is -0.330. The Labute approximate surface area is 86.3 Å². The lowest BCUT2D eigenvalue weighted by molar-refractivity contribution is -0.108. The predicted molar refractivity (Wildman–Crippen MR) is 55.8 cm³/mol. The highest BCUT2D eigenvalue weighted by Crippen LogP contribution is 2.61. The van der Waals surface area contributed by atoms with E-state index in [0.717, 1.165) is 42.3 Å². The molecule has 3 aliphatic rings. The van der Waals surface area contributed by atoms with Crippen LogP contribution < -0.4 is 0 Å². The molecular formula is C13H20O. The van der Waals surface area contributed by atoms with Crippen LogP contribution in [0.15, 0.2) is 0 Å². The van der Waals surface area contributed by atoms with Gasteiger partial charge in [-0.2, -0.15) is 0 Å². The number of carbonyl (C=O) groups excluding carboxylic acids is 1. The molecule has 3 saturated carbocycles. The van der Waals surface area contributed by atoms with Crippen LogP contribution in [0, 0.1) is 29.6 Å². The number of fused-ring (bicyclic) bond motifs is 5. The minimum absolute atomic E-state index is 0.811. The van der Waals surface area contributed by atoms with Crippen LogP contribution in [-0.2, 0) is 4.79 Å². The summed E-state index contributed by atoms with van der Waals surface area (Å²) in [5.41, 5.74) is 0. The van der Waals surface area contributed by atoms with Gasteiger partial charge in [-0.3, -0.25) is 0 Å². The molecule has 0 aromatic carbocycles. The van der Waals surface area contributed by atoms with Crippen molar-refractivity contribution in [1.29, 1.82) is 0 Å². The van der Waals surface area contributed by atoms with Gasteiger partial charge >= 0.3 is 0 Å². The van der Waals surface area contributed by atoms with Crippen molar-refractivity contribution in [2.75, 3.05) is 0 Å². The molecule has 14 heavy (non-hydrogen) atoms. The van der Waals surface area contributed by atoms with Crippen molar-refractivity contribution in [3.8, 4) is 0 Å². The molecule has 1 heteroatoms. The third-order valence-electron chi connectivity index (χ3n) is 5.23. The highest BCUT2D eigenvalue weighted by atomic mass is 16.1. The molecule has 0 aliphatic heterocycles. The van der Waals surface area contributed by atoms with Crippen LogP contribution in [-0.4, -0.2) is 6.29 Å². The summed E-state index contributed by atoms with van der Waals surface area (Å²) in [7, 11) is 0. The lowest BCUT2D eigenvalue weighted by atomic mass is 9.77. The van der Waals surface area contributed by atoms with Crippen molar-refractivity contribution >= 4 is 6.29 Å². The van der Waals surface area contributed by atoms with Gasteiger partial charge in [0.25, 0.3) is 0 Å². The van der Waals surface area contributed by atoms with Crippen LogP contribution in [0.1, 0.15) is 44.9 Å². The summed E-state index contributed by atoms with van der Waals surface area (Å²) in [4.78, 5) is 10.4. The predicted octanol–water partition coefficient (Wildman–Crippen LogP) is 3.04. The van der Waals surface area contributed by atoms with E-state index in [1.165, 1.54) is 38.5 Å². The average molecular weight is 192 g/mol. The standard InChI is InChI=1S/C13H20O/c14-7-1-2-9-5-6-12-10-3-4-11(8-10)13(9)12/h7,9-13H,1-6,8H2/t9?,10?,11?,12-,13+/m0/s1. The molecule has 3 rings (SSSR count). The molecule has 0 amide bonds. The Morgan fingerprint density at radius 3 is 2.79 bits per heavy atom.